The van der Waals surface area contributed by atoms with Crippen molar-refractivity contribution in [2.45, 2.75) is 45.1 Å². The van der Waals surface area contributed by atoms with Crippen LogP contribution in [0.4, 0.5) is 4.39 Å². The SMILES string of the molecule is COS(=O)(=O)CCN(C)C(=O)CCCCCCC(=O)OCC#Cc1cc(F)c2[nH]cc(C(=O)NCc3ccc(Cl)cc3)c(=O)c2c1. The largest absolute Gasteiger partial charge is 0.452 e. The van der Waals surface area contributed by atoms with Crippen molar-refractivity contribution >= 4 is 50.4 Å². The van der Waals surface area contributed by atoms with E-state index in [2.05, 4.69) is 26.3 Å². The highest BCUT2D eigenvalue weighted by Crippen LogP contribution is 2.16. The second-order valence-corrected chi connectivity index (χ2v) is 12.6. The standard InChI is InChI=1S/C32H35ClFN3O8S/c1-37(15-17-46(42,43)44-2)28(38)9-5-3-4-6-10-29(39)45-16-7-8-23-18-25-30(27(34)19-23)35-21-26(31(25)40)32(41)36-20-22-11-13-24(33)14-12-22/h11-14,18-19,21H,3-6,9-10,15-17,20H2,1-2H3,(H,35,40)(H,36,41). The topological polar surface area (TPSA) is 152 Å². The number of carbonyl (C=O) groups excluding carboxylic acids is 3. The van der Waals surface area contributed by atoms with Crippen LogP contribution in [-0.4, -0.2) is 69.1 Å². The van der Waals surface area contributed by atoms with Crippen LogP contribution in [0.2, 0.25) is 5.02 Å². The number of unbranched alkanes of at least 4 members (excludes halogenated alkanes) is 3. The number of hydrogen-bond donors (Lipinski definition) is 2. The second-order valence-electron chi connectivity index (χ2n) is 10.3. The summed E-state index contributed by atoms with van der Waals surface area (Å²) >= 11 is 5.87. The second kappa shape index (κ2) is 17.4. The number of rotatable bonds is 15. The maximum Gasteiger partial charge on any atom is 0.306 e. The number of nitrogens with zero attached hydrogens (tertiary/aromatic N) is 1. The fraction of sp³-hybridized carbons (Fsp3) is 0.375. The summed E-state index contributed by atoms with van der Waals surface area (Å²) in [6, 6.07) is 9.35. The smallest absolute Gasteiger partial charge is 0.306 e. The van der Waals surface area contributed by atoms with Gasteiger partial charge in [0.2, 0.25) is 11.3 Å². The first kappa shape index (κ1) is 36.2. The third kappa shape index (κ3) is 11.3. The van der Waals surface area contributed by atoms with Gasteiger partial charge in [0.1, 0.15) is 11.4 Å². The van der Waals surface area contributed by atoms with E-state index >= 15 is 0 Å². The molecule has 0 bridgehead atoms. The van der Waals surface area contributed by atoms with Gasteiger partial charge in [0.05, 0.1) is 23.8 Å². The molecule has 0 saturated carbocycles. The zero-order valence-corrected chi connectivity index (χ0v) is 27.1. The molecule has 2 aromatic carbocycles. The molecular formula is C32H35ClFN3O8S. The van der Waals surface area contributed by atoms with Crippen molar-refractivity contribution in [1.82, 2.24) is 15.2 Å². The van der Waals surface area contributed by atoms with Gasteiger partial charge in [-0.2, -0.15) is 8.42 Å². The number of halogens is 2. The van der Waals surface area contributed by atoms with Gasteiger partial charge >= 0.3 is 5.97 Å². The van der Waals surface area contributed by atoms with E-state index in [1.165, 1.54) is 18.0 Å². The predicted molar refractivity (Wildman–Crippen MR) is 171 cm³/mol. The Bertz CT molecular complexity index is 1780. The van der Waals surface area contributed by atoms with Crippen LogP contribution >= 0.6 is 11.6 Å². The molecule has 0 aliphatic carbocycles. The van der Waals surface area contributed by atoms with Crippen LogP contribution in [0.25, 0.3) is 10.9 Å². The molecule has 2 amide bonds. The maximum absolute atomic E-state index is 14.7. The molecule has 2 N–H and O–H groups in total. The molecule has 0 saturated heterocycles. The van der Waals surface area contributed by atoms with E-state index in [1.54, 1.807) is 24.3 Å². The zero-order valence-electron chi connectivity index (χ0n) is 25.5. The number of benzene rings is 2. The van der Waals surface area contributed by atoms with Gasteiger partial charge in [0.25, 0.3) is 16.0 Å². The summed E-state index contributed by atoms with van der Waals surface area (Å²) in [5, 5.41) is 3.16. The van der Waals surface area contributed by atoms with Crippen LogP contribution in [0.5, 0.6) is 0 Å². The van der Waals surface area contributed by atoms with E-state index in [4.69, 9.17) is 16.3 Å². The maximum atomic E-state index is 14.7. The summed E-state index contributed by atoms with van der Waals surface area (Å²) in [6.07, 6.45) is 4.15. The van der Waals surface area contributed by atoms with Gasteiger partial charge in [-0.3, -0.25) is 23.4 Å². The van der Waals surface area contributed by atoms with E-state index in [-0.39, 0.29) is 66.2 Å². The quantitative estimate of drug-likeness (QED) is 0.106. The summed E-state index contributed by atoms with van der Waals surface area (Å²) in [4.78, 5) is 53.8. The number of aromatic nitrogens is 1. The molecule has 0 unspecified atom stereocenters. The minimum Gasteiger partial charge on any atom is -0.452 e. The number of amides is 2. The van der Waals surface area contributed by atoms with Crippen molar-refractivity contribution in [2.75, 3.05) is 33.1 Å². The predicted octanol–water partition coefficient (Wildman–Crippen LogP) is 3.92. The van der Waals surface area contributed by atoms with Crippen molar-refractivity contribution < 1.29 is 36.1 Å². The Balaban J connectivity index is 1.43. The number of pyridine rings is 1. The Morgan fingerprint density at radius 2 is 1.76 bits per heavy atom. The fourth-order valence-corrected chi connectivity index (χ4v) is 5.07. The highest BCUT2D eigenvalue weighted by Gasteiger charge is 2.16. The molecule has 3 rings (SSSR count). The molecule has 0 atom stereocenters. The van der Waals surface area contributed by atoms with Crippen LogP contribution in [0.3, 0.4) is 0 Å². The molecular weight excluding hydrogens is 641 g/mol. The van der Waals surface area contributed by atoms with Crippen LogP contribution < -0.4 is 10.7 Å². The van der Waals surface area contributed by atoms with Gasteiger partial charge in [-0.1, -0.05) is 48.4 Å². The lowest BCUT2D eigenvalue weighted by atomic mass is 10.1. The van der Waals surface area contributed by atoms with Crippen LogP contribution in [0.15, 0.2) is 47.4 Å². The van der Waals surface area contributed by atoms with Crippen molar-refractivity contribution in [1.29, 1.82) is 0 Å². The summed E-state index contributed by atoms with van der Waals surface area (Å²) in [7, 11) is -1.02. The molecule has 14 heteroatoms. The zero-order chi connectivity index (χ0) is 33.7. The lowest BCUT2D eigenvalue weighted by Gasteiger charge is -2.16. The van der Waals surface area contributed by atoms with Gasteiger partial charge in [-0.05, 0) is 42.7 Å². The van der Waals surface area contributed by atoms with E-state index in [0.717, 1.165) is 24.9 Å². The first-order chi connectivity index (χ1) is 21.9. The number of nitrogens with one attached hydrogen (secondary N) is 2. The van der Waals surface area contributed by atoms with Crippen molar-refractivity contribution in [2.24, 2.45) is 0 Å². The summed E-state index contributed by atoms with van der Waals surface area (Å²) in [5.74, 6) is 3.05. The number of H-pyrrole nitrogens is 1. The molecule has 0 aliphatic rings. The van der Waals surface area contributed by atoms with Crippen molar-refractivity contribution in [3.8, 4) is 11.8 Å². The Labute approximate surface area is 271 Å². The first-order valence-corrected chi connectivity index (χ1v) is 16.4. The molecule has 11 nitrogen and oxygen atoms in total. The van der Waals surface area contributed by atoms with E-state index in [0.29, 0.717) is 30.7 Å². The number of ether oxygens (including phenoxy) is 1. The number of aromatic amines is 1. The van der Waals surface area contributed by atoms with Gasteiger partial charge < -0.3 is 19.9 Å². The summed E-state index contributed by atoms with van der Waals surface area (Å²) < 4.78 is 46.9. The van der Waals surface area contributed by atoms with Crippen LogP contribution in [0.1, 0.15) is 60.0 Å². The molecule has 0 fully saturated rings. The molecule has 0 spiro atoms. The Hall–Kier alpha value is -4.25. The molecule has 46 heavy (non-hydrogen) atoms. The summed E-state index contributed by atoms with van der Waals surface area (Å²) in [6.45, 7) is -0.0240. The Morgan fingerprint density at radius 1 is 1.07 bits per heavy atom. The van der Waals surface area contributed by atoms with Crippen LogP contribution in [0, 0.1) is 17.7 Å². The lowest BCUT2D eigenvalue weighted by molar-refractivity contribution is -0.142. The lowest BCUT2D eigenvalue weighted by Crippen LogP contribution is -2.31. The minimum absolute atomic E-state index is 0.0456. The molecule has 0 radical (unpaired) electrons. The third-order valence-corrected chi connectivity index (χ3v) is 8.41. The molecule has 1 aromatic heterocycles. The minimum atomic E-state index is -3.63. The molecule has 0 aliphatic heterocycles. The first-order valence-electron chi connectivity index (χ1n) is 14.4. The van der Waals surface area contributed by atoms with Gasteiger partial charge in [0, 0.05) is 49.8 Å². The van der Waals surface area contributed by atoms with E-state index < -0.39 is 33.2 Å². The van der Waals surface area contributed by atoms with E-state index in [1.807, 2.05) is 0 Å². The highest BCUT2D eigenvalue weighted by molar-refractivity contribution is 7.86. The monoisotopic (exact) mass is 675 g/mol. The van der Waals surface area contributed by atoms with Gasteiger partial charge in [-0.25, -0.2) is 4.39 Å². The van der Waals surface area contributed by atoms with Crippen molar-refractivity contribution in [3.63, 3.8) is 0 Å². The number of carbonyl (C=O) groups is 3. The molecule has 246 valence electrons. The molecule has 1 heterocycles. The Kier molecular flexibility index (Phi) is 13.7. The fourth-order valence-electron chi connectivity index (χ4n) is 4.28. The average molecular weight is 676 g/mol. The molecule has 3 aromatic rings. The Morgan fingerprint density at radius 3 is 2.46 bits per heavy atom. The van der Waals surface area contributed by atoms with Crippen molar-refractivity contribution in [3.05, 3.63) is 80.3 Å². The summed E-state index contributed by atoms with van der Waals surface area (Å²) in [5.41, 5.74) is 0.0420. The third-order valence-electron chi connectivity index (χ3n) is 6.97. The van der Waals surface area contributed by atoms with Gasteiger partial charge in [-0.15, -0.1) is 0 Å². The normalized spacial score (nSPS) is 11.0. The number of fused-ring (bicyclic) bond motifs is 1. The average Bonchev–Trinajstić information content (AvgIpc) is 3.03. The highest BCUT2D eigenvalue weighted by atomic mass is 35.5. The van der Waals surface area contributed by atoms with Crippen LogP contribution in [-0.2, 0) is 35.2 Å². The number of hydrogen-bond acceptors (Lipinski definition) is 8. The number of esters is 1. The van der Waals surface area contributed by atoms with Gasteiger partial charge in [0.15, 0.2) is 6.61 Å². The van der Waals surface area contributed by atoms with E-state index in [9.17, 15) is 32.0 Å².